The Morgan fingerprint density at radius 1 is 1.06 bits per heavy atom. The molecule has 1 aliphatic carbocycles. The first-order valence-electron chi connectivity index (χ1n) is 11.5. The lowest BCUT2D eigenvalue weighted by Crippen LogP contribution is -2.51. The number of carbonyl (C=O) groups excluding carboxylic acids is 1. The maximum absolute atomic E-state index is 13.0. The second-order valence-corrected chi connectivity index (χ2v) is 13.4. The van der Waals surface area contributed by atoms with Crippen molar-refractivity contribution >= 4 is 48.9 Å². The minimum atomic E-state index is -4.38. The van der Waals surface area contributed by atoms with Crippen LogP contribution in [0.25, 0.3) is 0 Å². The van der Waals surface area contributed by atoms with Gasteiger partial charge in [0.15, 0.2) is 0 Å². The Labute approximate surface area is 215 Å². The van der Waals surface area contributed by atoms with Crippen LogP contribution in [0.2, 0.25) is 0 Å². The van der Waals surface area contributed by atoms with Gasteiger partial charge in [0.25, 0.3) is 0 Å². The number of hydrogen-bond acceptors (Lipinski definition) is 5. The van der Waals surface area contributed by atoms with Crippen LogP contribution in [0, 0.1) is 11.8 Å². The molecular weight excluding hydrogens is 567 g/mol. The summed E-state index contributed by atoms with van der Waals surface area (Å²) in [6.07, 6.45) is -1.41. The van der Waals surface area contributed by atoms with Gasteiger partial charge < -0.3 is 9.80 Å². The summed E-state index contributed by atoms with van der Waals surface area (Å²) in [6, 6.07) is 8.57. The van der Waals surface area contributed by atoms with Crippen molar-refractivity contribution in [3.05, 3.63) is 45.7 Å². The highest BCUT2D eigenvalue weighted by atomic mass is 79.9. The Bertz CT molecular complexity index is 1140. The van der Waals surface area contributed by atoms with Gasteiger partial charge in [-0.05, 0) is 77.9 Å². The molecule has 1 aromatic carbocycles. The zero-order valence-electron chi connectivity index (χ0n) is 18.9. The number of hydrogen-bond donors (Lipinski definition) is 1. The van der Waals surface area contributed by atoms with Crippen LogP contribution in [0.4, 0.5) is 18.9 Å². The van der Waals surface area contributed by atoms with Crippen LogP contribution in [-0.4, -0.2) is 51.9 Å². The molecule has 1 N–H and O–H groups in total. The van der Waals surface area contributed by atoms with Crippen molar-refractivity contribution in [2.24, 2.45) is 11.8 Å². The number of amides is 1. The molecular formula is C23H27BrF3N3O3S2. The number of anilines is 1. The fraction of sp³-hybridized carbons (Fsp3) is 0.522. The summed E-state index contributed by atoms with van der Waals surface area (Å²) in [5.74, 6) is 0.197. The largest absolute Gasteiger partial charge is 0.416 e. The van der Waals surface area contributed by atoms with E-state index in [-0.39, 0.29) is 22.0 Å². The standard InChI is InChI=1S/C23H27BrF3N3O3S2/c24-20-8-9-21(34-20)35(32,33)28-15-16-4-6-17(7-5-16)22(31)30-12-10-29(11-13-30)19-3-1-2-18(14-19)23(25,26)27/h1-3,8-9,14,16-17,28H,4-7,10-13,15H2. The number of nitrogens with zero attached hydrogens (tertiary/aromatic N) is 2. The zero-order valence-corrected chi connectivity index (χ0v) is 22.1. The summed E-state index contributed by atoms with van der Waals surface area (Å²) in [5.41, 5.74) is -0.152. The van der Waals surface area contributed by atoms with Crippen LogP contribution in [0.5, 0.6) is 0 Å². The molecule has 0 atom stereocenters. The molecule has 0 bridgehead atoms. The summed E-state index contributed by atoms with van der Waals surface area (Å²) in [5, 5.41) is 0. The third kappa shape index (κ3) is 6.58. The van der Waals surface area contributed by atoms with Gasteiger partial charge in [0.05, 0.1) is 9.35 Å². The van der Waals surface area contributed by atoms with E-state index < -0.39 is 21.8 Å². The average molecular weight is 595 g/mol. The van der Waals surface area contributed by atoms with Crippen LogP contribution in [0.1, 0.15) is 31.2 Å². The number of halogens is 4. The monoisotopic (exact) mass is 593 g/mol. The molecule has 2 aliphatic rings. The normalized spacial score (nSPS) is 21.8. The highest BCUT2D eigenvalue weighted by Gasteiger charge is 2.33. The lowest BCUT2D eigenvalue weighted by Gasteiger charge is -2.39. The fourth-order valence-corrected chi connectivity index (χ4v) is 7.85. The lowest BCUT2D eigenvalue weighted by molar-refractivity contribution is -0.138. The zero-order chi connectivity index (χ0) is 25.2. The molecule has 0 spiro atoms. The van der Waals surface area contributed by atoms with Gasteiger partial charge >= 0.3 is 6.18 Å². The van der Waals surface area contributed by atoms with E-state index in [1.54, 1.807) is 18.2 Å². The van der Waals surface area contributed by atoms with E-state index >= 15 is 0 Å². The summed E-state index contributed by atoms with van der Waals surface area (Å²) >= 11 is 4.44. The topological polar surface area (TPSA) is 69.7 Å². The molecule has 0 unspecified atom stereocenters. The number of piperazine rings is 1. The first-order chi connectivity index (χ1) is 16.5. The Hall–Kier alpha value is -1.63. The summed E-state index contributed by atoms with van der Waals surface area (Å²) in [7, 11) is -3.53. The van der Waals surface area contributed by atoms with E-state index in [9.17, 15) is 26.4 Å². The highest BCUT2D eigenvalue weighted by molar-refractivity contribution is 9.11. The molecule has 1 saturated heterocycles. The van der Waals surface area contributed by atoms with Crippen LogP contribution < -0.4 is 9.62 Å². The quantitative estimate of drug-likeness (QED) is 0.514. The Balaban J connectivity index is 1.23. The van der Waals surface area contributed by atoms with Crippen molar-refractivity contribution in [2.75, 3.05) is 37.6 Å². The molecule has 4 rings (SSSR count). The molecule has 12 heteroatoms. The lowest BCUT2D eigenvalue weighted by atomic mass is 9.81. The van der Waals surface area contributed by atoms with Crippen LogP contribution in [0.3, 0.4) is 0 Å². The number of thiophene rings is 1. The highest BCUT2D eigenvalue weighted by Crippen LogP contribution is 2.33. The molecule has 192 valence electrons. The van der Waals surface area contributed by atoms with Crippen molar-refractivity contribution in [3.63, 3.8) is 0 Å². The van der Waals surface area contributed by atoms with Crippen LogP contribution >= 0.6 is 27.3 Å². The van der Waals surface area contributed by atoms with E-state index in [2.05, 4.69) is 20.7 Å². The van der Waals surface area contributed by atoms with Gasteiger partial charge in [-0.3, -0.25) is 4.79 Å². The molecule has 2 aromatic rings. The maximum Gasteiger partial charge on any atom is 0.416 e. The van der Waals surface area contributed by atoms with Crippen LogP contribution in [-0.2, 0) is 21.0 Å². The van der Waals surface area contributed by atoms with E-state index in [0.717, 1.165) is 40.1 Å². The number of alkyl halides is 3. The number of carbonyl (C=O) groups is 1. The van der Waals surface area contributed by atoms with Gasteiger partial charge in [-0.2, -0.15) is 13.2 Å². The predicted molar refractivity (Wildman–Crippen MR) is 133 cm³/mol. The number of sulfonamides is 1. The van der Waals surface area contributed by atoms with Crippen molar-refractivity contribution in [3.8, 4) is 0 Å². The average Bonchev–Trinajstić information content (AvgIpc) is 3.30. The van der Waals surface area contributed by atoms with Gasteiger partial charge in [0.2, 0.25) is 15.9 Å². The smallest absolute Gasteiger partial charge is 0.368 e. The minimum absolute atomic E-state index is 0.0868. The van der Waals surface area contributed by atoms with E-state index in [1.165, 1.54) is 6.07 Å². The molecule has 2 heterocycles. The first kappa shape index (κ1) is 26.4. The van der Waals surface area contributed by atoms with Gasteiger partial charge in [0, 0.05) is 44.3 Å². The van der Waals surface area contributed by atoms with Crippen LogP contribution in [0.15, 0.2) is 44.4 Å². The second kappa shape index (κ2) is 10.8. The second-order valence-electron chi connectivity index (χ2n) is 8.99. The Morgan fingerprint density at radius 3 is 2.34 bits per heavy atom. The third-order valence-corrected chi connectivity index (χ3v) is 10.2. The van der Waals surface area contributed by atoms with E-state index in [1.807, 2.05) is 9.80 Å². The van der Waals surface area contributed by atoms with Crippen molar-refractivity contribution in [2.45, 2.75) is 36.1 Å². The minimum Gasteiger partial charge on any atom is -0.368 e. The number of benzene rings is 1. The Kier molecular flexibility index (Phi) is 8.14. The molecule has 1 aromatic heterocycles. The molecule has 6 nitrogen and oxygen atoms in total. The van der Waals surface area contributed by atoms with Gasteiger partial charge in [-0.15, -0.1) is 11.3 Å². The molecule has 0 radical (unpaired) electrons. The van der Waals surface area contributed by atoms with E-state index in [0.29, 0.717) is 51.3 Å². The third-order valence-electron chi connectivity index (χ3n) is 6.70. The number of rotatable bonds is 6. The van der Waals surface area contributed by atoms with Gasteiger partial charge in [-0.1, -0.05) is 6.07 Å². The predicted octanol–water partition coefficient (Wildman–Crippen LogP) is 4.96. The Morgan fingerprint density at radius 2 is 1.74 bits per heavy atom. The molecule has 1 aliphatic heterocycles. The molecule has 2 fully saturated rings. The maximum atomic E-state index is 13.0. The number of nitrogens with one attached hydrogen (secondary N) is 1. The summed E-state index contributed by atoms with van der Waals surface area (Å²) in [4.78, 5) is 16.7. The fourth-order valence-electron chi connectivity index (χ4n) is 4.68. The summed E-state index contributed by atoms with van der Waals surface area (Å²) < 4.78 is 67.6. The van der Waals surface area contributed by atoms with Crippen molar-refractivity contribution in [1.82, 2.24) is 9.62 Å². The molecule has 1 amide bonds. The summed E-state index contributed by atoms with van der Waals surface area (Å²) in [6.45, 7) is 2.29. The van der Waals surface area contributed by atoms with E-state index in [4.69, 9.17) is 0 Å². The van der Waals surface area contributed by atoms with Gasteiger partial charge in [-0.25, -0.2) is 13.1 Å². The van der Waals surface area contributed by atoms with Gasteiger partial charge in [0.1, 0.15) is 4.21 Å². The van der Waals surface area contributed by atoms with Crippen molar-refractivity contribution in [1.29, 1.82) is 0 Å². The molecule has 35 heavy (non-hydrogen) atoms. The molecule has 1 saturated carbocycles. The SMILES string of the molecule is O=C(C1CCC(CNS(=O)(=O)c2ccc(Br)s2)CC1)N1CCN(c2cccc(C(F)(F)F)c2)CC1. The van der Waals surface area contributed by atoms with Crippen molar-refractivity contribution < 1.29 is 26.4 Å². The first-order valence-corrected chi connectivity index (χ1v) is 14.6.